The summed E-state index contributed by atoms with van der Waals surface area (Å²) < 4.78 is 1.97. The van der Waals surface area contributed by atoms with Gasteiger partial charge in [-0.15, -0.1) is 0 Å². The van der Waals surface area contributed by atoms with Gasteiger partial charge in [-0.05, 0) is 34.1 Å². The fourth-order valence-corrected chi connectivity index (χ4v) is 1.91. The third-order valence-electron chi connectivity index (χ3n) is 2.36. The summed E-state index contributed by atoms with van der Waals surface area (Å²) in [6.45, 7) is 0. The molecule has 0 atom stereocenters. The van der Waals surface area contributed by atoms with E-state index in [9.17, 15) is 9.90 Å². The fourth-order valence-electron chi connectivity index (χ4n) is 1.55. The van der Waals surface area contributed by atoms with Crippen molar-refractivity contribution in [1.29, 1.82) is 0 Å². The van der Waals surface area contributed by atoms with Gasteiger partial charge in [0, 0.05) is 12.6 Å². The first kappa shape index (κ1) is 11.7. The molecule has 6 heteroatoms. The Bertz CT molecular complexity index is 592. The smallest absolute Gasteiger partial charge is 0.356 e. The molecule has 0 saturated carbocycles. The second-order valence-electron chi connectivity index (χ2n) is 3.48. The molecule has 1 aromatic heterocycles. The second kappa shape index (κ2) is 4.21. The Hall–Kier alpha value is -1.82. The molecular formula is C11H9BrN2O3. The lowest BCUT2D eigenvalue weighted by molar-refractivity contribution is 0.0689. The summed E-state index contributed by atoms with van der Waals surface area (Å²) in [6.07, 6.45) is 0. The van der Waals surface area contributed by atoms with Crippen LogP contribution in [0.4, 0.5) is 0 Å². The van der Waals surface area contributed by atoms with Crippen LogP contribution in [0.15, 0.2) is 28.7 Å². The Morgan fingerprint density at radius 1 is 1.47 bits per heavy atom. The Balaban J connectivity index is 2.60. The number of hydrogen-bond donors (Lipinski definition) is 2. The molecule has 0 unspecified atom stereocenters. The van der Waals surface area contributed by atoms with E-state index in [1.165, 1.54) is 10.7 Å². The normalized spacial score (nSPS) is 10.5. The predicted molar refractivity (Wildman–Crippen MR) is 65.0 cm³/mol. The van der Waals surface area contributed by atoms with Crippen molar-refractivity contribution < 1.29 is 15.0 Å². The van der Waals surface area contributed by atoms with Crippen LogP contribution in [0, 0.1) is 0 Å². The molecule has 1 heterocycles. The molecule has 17 heavy (non-hydrogen) atoms. The van der Waals surface area contributed by atoms with Gasteiger partial charge in [0.15, 0.2) is 5.69 Å². The maximum atomic E-state index is 10.8. The number of hydrogen-bond acceptors (Lipinski definition) is 3. The Labute approximate surface area is 105 Å². The van der Waals surface area contributed by atoms with Crippen molar-refractivity contribution in [2.24, 2.45) is 7.05 Å². The average molecular weight is 297 g/mol. The number of aromatic nitrogens is 2. The van der Waals surface area contributed by atoms with Crippen LogP contribution in [0.5, 0.6) is 5.75 Å². The highest BCUT2D eigenvalue weighted by atomic mass is 79.9. The second-order valence-corrected chi connectivity index (χ2v) is 4.33. The van der Waals surface area contributed by atoms with E-state index in [0.29, 0.717) is 15.7 Å². The minimum atomic E-state index is -1.10. The largest absolute Gasteiger partial charge is 0.506 e. The highest BCUT2D eigenvalue weighted by Gasteiger charge is 2.15. The molecule has 0 amide bonds. The van der Waals surface area contributed by atoms with E-state index in [4.69, 9.17) is 5.11 Å². The first-order chi connectivity index (χ1) is 8.00. The lowest BCUT2D eigenvalue weighted by atomic mass is 10.1. The Morgan fingerprint density at radius 3 is 2.76 bits per heavy atom. The number of carboxylic acid groups (broad SMARTS) is 1. The van der Waals surface area contributed by atoms with Crippen LogP contribution < -0.4 is 0 Å². The number of halogens is 1. The van der Waals surface area contributed by atoms with Gasteiger partial charge in [0.05, 0.1) is 10.2 Å². The first-order valence-corrected chi connectivity index (χ1v) is 5.55. The van der Waals surface area contributed by atoms with E-state index in [1.807, 2.05) is 0 Å². The van der Waals surface area contributed by atoms with Crippen LogP contribution in [0.25, 0.3) is 11.3 Å². The van der Waals surface area contributed by atoms with Crippen LogP contribution in [0.1, 0.15) is 10.5 Å². The van der Waals surface area contributed by atoms with Crippen molar-refractivity contribution in [2.75, 3.05) is 0 Å². The van der Waals surface area contributed by atoms with Crippen LogP contribution in [-0.4, -0.2) is 26.0 Å². The maximum absolute atomic E-state index is 10.8. The summed E-state index contributed by atoms with van der Waals surface area (Å²) in [5.41, 5.74) is 1.02. The lowest BCUT2D eigenvalue weighted by Gasteiger charge is -2.05. The number of nitrogens with zero attached hydrogens (tertiary/aromatic N) is 2. The fraction of sp³-hybridized carbons (Fsp3) is 0.0909. The molecule has 0 aliphatic rings. The van der Waals surface area contributed by atoms with Crippen molar-refractivity contribution >= 4 is 21.9 Å². The SMILES string of the molecule is Cn1nc(C(=O)O)cc1-c1cccc(Br)c1O. The highest BCUT2D eigenvalue weighted by molar-refractivity contribution is 9.10. The number of aromatic carboxylic acids is 1. The minimum Gasteiger partial charge on any atom is -0.506 e. The van der Waals surface area contributed by atoms with Gasteiger partial charge in [-0.3, -0.25) is 4.68 Å². The molecule has 0 bridgehead atoms. The van der Waals surface area contributed by atoms with Gasteiger partial charge < -0.3 is 10.2 Å². The summed E-state index contributed by atoms with van der Waals surface area (Å²) in [5, 5.41) is 22.6. The van der Waals surface area contributed by atoms with Gasteiger partial charge in [-0.1, -0.05) is 6.07 Å². The van der Waals surface area contributed by atoms with E-state index >= 15 is 0 Å². The molecule has 0 aliphatic heterocycles. The van der Waals surface area contributed by atoms with E-state index in [-0.39, 0.29) is 11.4 Å². The molecule has 2 aromatic rings. The molecule has 2 rings (SSSR count). The van der Waals surface area contributed by atoms with Crippen molar-refractivity contribution in [3.8, 4) is 17.0 Å². The standard InChI is InChI=1S/C11H9BrN2O3/c1-14-9(5-8(13-14)11(16)17)6-3-2-4-7(12)10(6)15/h2-5,15H,1H3,(H,16,17). The van der Waals surface area contributed by atoms with E-state index in [1.54, 1.807) is 25.2 Å². The zero-order chi connectivity index (χ0) is 12.6. The first-order valence-electron chi connectivity index (χ1n) is 4.76. The Morgan fingerprint density at radius 2 is 2.18 bits per heavy atom. The highest BCUT2D eigenvalue weighted by Crippen LogP contribution is 2.35. The number of para-hydroxylation sites is 1. The van der Waals surface area contributed by atoms with E-state index in [2.05, 4.69) is 21.0 Å². The van der Waals surface area contributed by atoms with Gasteiger partial charge in [0.25, 0.3) is 0 Å². The van der Waals surface area contributed by atoms with E-state index in [0.717, 1.165) is 0 Å². The van der Waals surface area contributed by atoms with Crippen LogP contribution in [0.2, 0.25) is 0 Å². The summed E-state index contributed by atoms with van der Waals surface area (Å²) in [4.78, 5) is 10.8. The summed E-state index contributed by atoms with van der Waals surface area (Å²) in [7, 11) is 1.63. The molecule has 0 aliphatic carbocycles. The topological polar surface area (TPSA) is 75.4 Å². The third-order valence-corrected chi connectivity index (χ3v) is 3.00. The van der Waals surface area contributed by atoms with Crippen molar-refractivity contribution in [3.63, 3.8) is 0 Å². The summed E-state index contributed by atoms with van der Waals surface area (Å²) >= 11 is 3.21. The number of carboxylic acids is 1. The molecule has 2 N–H and O–H groups in total. The summed E-state index contributed by atoms with van der Waals surface area (Å²) in [6, 6.07) is 6.58. The third kappa shape index (κ3) is 2.03. The van der Waals surface area contributed by atoms with Crippen molar-refractivity contribution in [3.05, 3.63) is 34.4 Å². The zero-order valence-corrected chi connectivity index (χ0v) is 10.5. The van der Waals surface area contributed by atoms with Crippen molar-refractivity contribution in [2.45, 2.75) is 0 Å². The number of phenolic OH excluding ortho intramolecular Hbond substituents is 1. The molecule has 0 radical (unpaired) electrons. The number of rotatable bonds is 2. The predicted octanol–water partition coefficient (Wildman–Crippen LogP) is 2.25. The zero-order valence-electron chi connectivity index (χ0n) is 8.88. The number of carbonyl (C=O) groups is 1. The van der Waals surface area contributed by atoms with Crippen LogP contribution >= 0.6 is 15.9 Å². The van der Waals surface area contributed by atoms with Gasteiger partial charge in [0.2, 0.25) is 0 Å². The van der Waals surface area contributed by atoms with Gasteiger partial charge in [-0.2, -0.15) is 5.10 Å². The van der Waals surface area contributed by atoms with Crippen LogP contribution in [0.3, 0.4) is 0 Å². The maximum Gasteiger partial charge on any atom is 0.356 e. The number of phenols is 1. The van der Waals surface area contributed by atoms with Gasteiger partial charge >= 0.3 is 5.97 Å². The van der Waals surface area contributed by atoms with E-state index < -0.39 is 5.97 Å². The monoisotopic (exact) mass is 296 g/mol. The summed E-state index contributed by atoms with van der Waals surface area (Å²) in [5.74, 6) is -1.03. The molecule has 0 spiro atoms. The molecule has 0 fully saturated rings. The van der Waals surface area contributed by atoms with Crippen LogP contribution in [-0.2, 0) is 7.05 Å². The number of aromatic hydroxyl groups is 1. The number of benzene rings is 1. The van der Waals surface area contributed by atoms with Crippen molar-refractivity contribution in [1.82, 2.24) is 9.78 Å². The lowest BCUT2D eigenvalue weighted by Crippen LogP contribution is -1.99. The van der Waals surface area contributed by atoms with Gasteiger partial charge in [0.1, 0.15) is 5.75 Å². The molecule has 88 valence electrons. The molecule has 1 aromatic carbocycles. The molecular weight excluding hydrogens is 288 g/mol. The molecule has 0 saturated heterocycles. The minimum absolute atomic E-state index is 0.0538. The molecule has 5 nitrogen and oxygen atoms in total. The van der Waals surface area contributed by atoms with Gasteiger partial charge in [-0.25, -0.2) is 4.79 Å². The Kier molecular flexibility index (Phi) is 2.89. The number of aryl methyl sites for hydroxylation is 1. The average Bonchev–Trinajstić information content (AvgIpc) is 2.65. The quantitative estimate of drug-likeness (QED) is 0.891.